The molecule has 0 aromatic heterocycles. The molecule has 3 rings (SSSR count). The van der Waals surface area contributed by atoms with Crippen LogP contribution < -0.4 is 10.6 Å². The van der Waals surface area contributed by atoms with Gasteiger partial charge in [-0.25, -0.2) is 0 Å². The third-order valence-electron chi connectivity index (χ3n) is 3.80. The number of allylic oxidation sites excluding steroid dienone is 4. The Labute approximate surface area is 130 Å². The minimum absolute atomic E-state index is 0.392. The van der Waals surface area contributed by atoms with E-state index in [0.29, 0.717) is 11.3 Å². The zero-order valence-electron chi connectivity index (χ0n) is 12.2. The normalized spacial score (nSPS) is 18.8. The van der Waals surface area contributed by atoms with Crippen LogP contribution in [0.3, 0.4) is 0 Å². The molecule has 1 aliphatic rings. The SMILES string of the molecule is C[C@@H](P)C1=CC=C[C@@H]1P(c1ccccc1)c1ccccc1. The number of hydrogen-bond acceptors (Lipinski definition) is 0. The Morgan fingerprint density at radius 1 is 0.905 bits per heavy atom. The number of hydrogen-bond donors (Lipinski definition) is 0. The predicted molar refractivity (Wildman–Crippen MR) is 99.3 cm³/mol. The van der Waals surface area contributed by atoms with Crippen LogP contribution in [0.4, 0.5) is 0 Å². The van der Waals surface area contributed by atoms with Gasteiger partial charge in [0.1, 0.15) is 0 Å². The molecule has 0 fully saturated rings. The lowest BCUT2D eigenvalue weighted by Gasteiger charge is -2.28. The Morgan fingerprint density at radius 3 is 1.90 bits per heavy atom. The average molecular weight is 310 g/mol. The van der Waals surface area contributed by atoms with E-state index in [0.717, 1.165) is 0 Å². The van der Waals surface area contributed by atoms with Gasteiger partial charge >= 0.3 is 0 Å². The fraction of sp³-hybridized carbons (Fsp3) is 0.158. The number of benzene rings is 2. The van der Waals surface area contributed by atoms with Gasteiger partial charge in [0.05, 0.1) is 0 Å². The first-order chi connectivity index (χ1) is 10.3. The fourth-order valence-electron chi connectivity index (χ4n) is 2.79. The highest BCUT2D eigenvalue weighted by Crippen LogP contribution is 2.47. The van der Waals surface area contributed by atoms with Gasteiger partial charge in [0, 0.05) is 5.66 Å². The highest BCUT2D eigenvalue weighted by Gasteiger charge is 2.28. The van der Waals surface area contributed by atoms with E-state index in [1.165, 1.54) is 16.2 Å². The van der Waals surface area contributed by atoms with E-state index < -0.39 is 7.92 Å². The van der Waals surface area contributed by atoms with Crippen molar-refractivity contribution in [1.82, 2.24) is 0 Å². The molecule has 1 aliphatic carbocycles. The van der Waals surface area contributed by atoms with Crippen LogP contribution in [0.2, 0.25) is 0 Å². The van der Waals surface area contributed by atoms with Gasteiger partial charge in [0.15, 0.2) is 0 Å². The average Bonchev–Trinajstić information content (AvgIpc) is 2.99. The quantitative estimate of drug-likeness (QED) is 0.741. The van der Waals surface area contributed by atoms with Gasteiger partial charge in [0.25, 0.3) is 0 Å². The van der Waals surface area contributed by atoms with Crippen molar-refractivity contribution in [2.45, 2.75) is 18.2 Å². The van der Waals surface area contributed by atoms with E-state index in [1.807, 2.05) is 0 Å². The lowest BCUT2D eigenvalue weighted by Crippen LogP contribution is -2.23. The smallest absolute Gasteiger partial charge is 0.0272 e. The molecule has 21 heavy (non-hydrogen) atoms. The molecule has 0 N–H and O–H groups in total. The first-order valence-corrected chi connectivity index (χ1v) is 9.38. The van der Waals surface area contributed by atoms with E-state index in [4.69, 9.17) is 0 Å². The molecule has 0 bridgehead atoms. The summed E-state index contributed by atoms with van der Waals surface area (Å²) in [5.41, 5.74) is 2.55. The van der Waals surface area contributed by atoms with Gasteiger partial charge in [-0.1, -0.05) is 91.4 Å². The van der Waals surface area contributed by atoms with Gasteiger partial charge in [-0.2, -0.15) is 0 Å². The van der Waals surface area contributed by atoms with Crippen LogP contribution in [0.5, 0.6) is 0 Å². The molecule has 0 radical (unpaired) electrons. The van der Waals surface area contributed by atoms with E-state index >= 15 is 0 Å². The monoisotopic (exact) mass is 310 g/mol. The molecule has 3 atom stereocenters. The Morgan fingerprint density at radius 2 is 1.43 bits per heavy atom. The predicted octanol–water partition coefficient (Wildman–Crippen LogP) is 4.25. The molecule has 2 aromatic carbocycles. The highest BCUT2D eigenvalue weighted by molar-refractivity contribution is 7.74. The van der Waals surface area contributed by atoms with Crippen LogP contribution in [0.25, 0.3) is 0 Å². The van der Waals surface area contributed by atoms with Crippen molar-refractivity contribution in [1.29, 1.82) is 0 Å². The Bertz CT molecular complexity index is 602. The molecule has 0 aliphatic heterocycles. The molecule has 0 heterocycles. The summed E-state index contributed by atoms with van der Waals surface area (Å²) in [6.45, 7) is 2.26. The van der Waals surface area contributed by atoms with E-state index in [1.54, 1.807) is 0 Å². The molecule has 1 unspecified atom stereocenters. The van der Waals surface area contributed by atoms with Crippen molar-refractivity contribution in [2.75, 3.05) is 0 Å². The van der Waals surface area contributed by atoms with Gasteiger partial charge in [-0.05, 0) is 24.2 Å². The molecular weight excluding hydrogens is 290 g/mol. The molecule has 0 amide bonds. The number of rotatable bonds is 4. The zero-order valence-corrected chi connectivity index (χ0v) is 14.2. The maximum Gasteiger partial charge on any atom is 0.0272 e. The summed E-state index contributed by atoms with van der Waals surface area (Å²) in [6, 6.07) is 21.9. The van der Waals surface area contributed by atoms with Gasteiger partial charge in [-0.3, -0.25) is 0 Å². The highest BCUT2D eigenvalue weighted by atomic mass is 31.1. The third kappa shape index (κ3) is 3.18. The molecule has 0 nitrogen and oxygen atoms in total. The second-order valence-corrected chi connectivity index (χ2v) is 8.66. The van der Waals surface area contributed by atoms with Crippen LogP contribution >= 0.6 is 17.2 Å². The lowest BCUT2D eigenvalue weighted by atomic mass is 10.2. The van der Waals surface area contributed by atoms with Gasteiger partial charge in [0.2, 0.25) is 0 Å². The molecule has 0 saturated heterocycles. The van der Waals surface area contributed by atoms with Crippen molar-refractivity contribution >= 4 is 27.8 Å². The van der Waals surface area contributed by atoms with Crippen LogP contribution in [0, 0.1) is 0 Å². The summed E-state index contributed by atoms with van der Waals surface area (Å²) in [7, 11) is 2.56. The van der Waals surface area contributed by atoms with E-state index in [9.17, 15) is 0 Å². The first-order valence-electron chi connectivity index (χ1n) is 7.30. The van der Waals surface area contributed by atoms with E-state index in [2.05, 4.69) is 95.1 Å². The van der Waals surface area contributed by atoms with Crippen molar-refractivity contribution < 1.29 is 0 Å². The summed E-state index contributed by atoms with van der Waals surface area (Å²) in [6.07, 6.45) is 6.90. The Hall–Kier alpha value is -1.22. The van der Waals surface area contributed by atoms with Crippen LogP contribution in [-0.4, -0.2) is 11.3 Å². The topological polar surface area (TPSA) is 0 Å². The molecule has 106 valence electrons. The minimum Gasteiger partial charge on any atom is -0.130 e. The minimum atomic E-state index is -0.392. The third-order valence-corrected chi connectivity index (χ3v) is 6.92. The van der Waals surface area contributed by atoms with Crippen LogP contribution in [0.1, 0.15) is 6.92 Å². The molecule has 2 heteroatoms. The maximum atomic E-state index is 2.95. The molecule has 0 saturated carbocycles. The summed E-state index contributed by atoms with van der Waals surface area (Å²) >= 11 is 0. The molecular formula is C19H20P2. The largest absolute Gasteiger partial charge is 0.130 e. The fourth-order valence-corrected chi connectivity index (χ4v) is 6.08. The van der Waals surface area contributed by atoms with Crippen molar-refractivity contribution in [3.05, 3.63) is 84.5 Å². The zero-order chi connectivity index (χ0) is 14.7. The van der Waals surface area contributed by atoms with Gasteiger partial charge in [-0.15, -0.1) is 9.24 Å². The van der Waals surface area contributed by atoms with Crippen LogP contribution in [-0.2, 0) is 0 Å². The lowest BCUT2D eigenvalue weighted by molar-refractivity contribution is 1.08. The molecule has 2 aromatic rings. The molecule has 0 spiro atoms. The standard InChI is InChI=1S/C19H20P2/c1-15(20)18-13-8-14-19(18)21(16-9-4-2-5-10-16)17-11-6-3-7-12-17/h2-15,19H,20H2,1H3/t15-,19+/m1/s1. The second kappa shape index (κ2) is 6.69. The second-order valence-electron chi connectivity index (χ2n) is 5.33. The first kappa shape index (κ1) is 14.7. The Balaban J connectivity index is 2.06. The summed E-state index contributed by atoms with van der Waals surface area (Å²) < 4.78 is 0. The maximum absolute atomic E-state index is 2.95. The Kier molecular flexibility index (Phi) is 4.69. The van der Waals surface area contributed by atoms with Crippen LogP contribution in [0.15, 0.2) is 84.5 Å². The summed E-state index contributed by atoms with van der Waals surface area (Å²) in [4.78, 5) is 0. The van der Waals surface area contributed by atoms with Crippen molar-refractivity contribution in [3.63, 3.8) is 0 Å². The van der Waals surface area contributed by atoms with Crippen molar-refractivity contribution in [2.24, 2.45) is 0 Å². The van der Waals surface area contributed by atoms with E-state index in [-0.39, 0.29) is 0 Å². The summed E-state index contributed by atoms with van der Waals surface area (Å²) in [5, 5.41) is 2.90. The summed E-state index contributed by atoms with van der Waals surface area (Å²) in [5.74, 6) is 0. The van der Waals surface area contributed by atoms with Gasteiger partial charge < -0.3 is 0 Å². The van der Waals surface area contributed by atoms with Crippen molar-refractivity contribution in [3.8, 4) is 0 Å².